The molecule has 2 aromatic rings. The van der Waals surface area contributed by atoms with Crippen LogP contribution in [0.15, 0.2) is 12.3 Å². The summed E-state index contributed by atoms with van der Waals surface area (Å²) in [6, 6.07) is 1.44. The molecule has 5 nitrogen and oxygen atoms in total. The van der Waals surface area contributed by atoms with E-state index in [0.29, 0.717) is 0 Å². The van der Waals surface area contributed by atoms with Crippen molar-refractivity contribution in [2.24, 2.45) is 0 Å². The van der Waals surface area contributed by atoms with Crippen molar-refractivity contribution in [3.8, 4) is 0 Å². The highest BCUT2D eigenvalue weighted by Gasteiger charge is 2.31. The smallest absolute Gasteiger partial charge is 0.272 e. The fourth-order valence-corrected chi connectivity index (χ4v) is 4.15. The lowest BCUT2D eigenvalue weighted by molar-refractivity contribution is 0.0693. The Bertz CT molecular complexity index is 712. The third-order valence-corrected chi connectivity index (χ3v) is 5.18. The maximum atomic E-state index is 12.7. The SMILES string of the molecule is Cc1nc2c(s1)[C@@H](N(C)C(=O)c1ccnn1CC(F)F)CCC2. The first-order valence-electron chi connectivity index (χ1n) is 7.50. The highest BCUT2D eigenvalue weighted by Crippen LogP contribution is 2.37. The van der Waals surface area contributed by atoms with Crippen LogP contribution in [-0.2, 0) is 13.0 Å². The van der Waals surface area contributed by atoms with Crippen molar-refractivity contribution in [1.29, 1.82) is 0 Å². The third-order valence-electron chi connectivity index (χ3n) is 4.06. The van der Waals surface area contributed by atoms with E-state index in [-0.39, 0.29) is 17.6 Å². The van der Waals surface area contributed by atoms with E-state index in [1.165, 1.54) is 12.3 Å². The summed E-state index contributed by atoms with van der Waals surface area (Å²) < 4.78 is 26.3. The van der Waals surface area contributed by atoms with Crippen LogP contribution >= 0.6 is 11.3 Å². The molecule has 2 aromatic heterocycles. The zero-order valence-corrected chi connectivity index (χ0v) is 13.8. The lowest BCUT2D eigenvalue weighted by atomic mass is 9.97. The molecule has 0 spiro atoms. The Morgan fingerprint density at radius 3 is 3.09 bits per heavy atom. The van der Waals surface area contributed by atoms with Crippen LogP contribution in [0.4, 0.5) is 8.78 Å². The van der Waals surface area contributed by atoms with Crippen molar-refractivity contribution in [3.63, 3.8) is 0 Å². The lowest BCUT2D eigenvalue weighted by Gasteiger charge is -2.30. The number of rotatable bonds is 4. The van der Waals surface area contributed by atoms with Crippen molar-refractivity contribution in [3.05, 3.63) is 33.5 Å². The van der Waals surface area contributed by atoms with E-state index < -0.39 is 13.0 Å². The fraction of sp³-hybridized carbons (Fsp3) is 0.533. The second-order valence-electron chi connectivity index (χ2n) is 5.66. The number of thiazole rings is 1. The van der Waals surface area contributed by atoms with Gasteiger partial charge in [0.25, 0.3) is 12.3 Å². The molecule has 0 unspecified atom stereocenters. The van der Waals surface area contributed by atoms with Crippen LogP contribution in [0.2, 0.25) is 0 Å². The van der Waals surface area contributed by atoms with Gasteiger partial charge in [-0.1, -0.05) is 0 Å². The van der Waals surface area contributed by atoms with Crippen LogP contribution in [0.3, 0.4) is 0 Å². The molecule has 3 rings (SSSR count). The van der Waals surface area contributed by atoms with E-state index in [4.69, 9.17) is 0 Å². The molecule has 0 radical (unpaired) electrons. The monoisotopic (exact) mass is 340 g/mol. The van der Waals surface area contributed by atoms with Gasteiger partial charge >= 0.3 is 0 Å². The van der Waals surface area contributed by atoms with Gasteiger partial charge in [0.05, 0.1) is 21.6 Å². The van der Waals surface area contributed by atoms with Crippen molar-refractivity contribution in [1.82, 2.24) is 19.7 Å². The largest absolute Gasteiger partial charge is 0.332 e. The number of alkyl halides is 2. The van der Waals surface area contributed by atoms with Crippen molar-refractivity contribution in [2.75, 3.05) is 7.05 Å². The Kier molecular flexibility index (Phi) is 4.43. The molecule has 1 aliphatic carbocycles. The predicted molar refractivity (Wildman–Crippen MR) is 82.9 cm³/mol. The summed E-state index contributed by atoms with van der Waals surface area (Å²) in [6.07, 6.45) is 1.60. The average molecular weight is 340 g/mol. The van der Waals surface area contributed by atoms with Crippen LogP contribution in [-0.4, -0.2) is 39.0 Å². The average Bonchev–Trinajstić information content (AvgIpc) is 3.09. The summed E-state index contributed by atoms with van der Waals surface area (Å²) in [5.41, 5.74) is 1.26. The van der Waals surface area contributed by atoms with E-state index >= 15 is 0 Å². The lowest BCUT2D eigenvalue weighted by Crippen LogP contribution is -2.34. The first-order valence-corrected chi connectivity index (χ1v) is 8.32. The van der Waals surface area contributed by atoms with Gasteiger partial charge in [0.15, 0.2) is 0 Å². The summed E-state index contributed by atoms with van der Waals surface area (Å²) in [5.74, 6) is -0.285. The summed E-state index contributed by atoms with van der Waals surface area (Å²) in [5, 5.41) is 4.82. The number of halogens is 2. The molecule has 2 heterocycles. The summed E-state index contributed by atoms with van der Waals surface area (Å²) in [6.45, 7) is 1.39. The van der Waals surface area contributed by atoms with Crippen molar-refractivity contribution < 1.29 is 13.6 Å². The summed E-state index contributed by atoms with van der Waals surface area (Å²) in [4.78, 5) is 20.0. The van der Waals surface area contributed by atoms with E-state index in [1.54, 1.807) is 23.3 Å². The standard InChI is InChI=1S/C15H18F2N4OS/c1-9-19-10-4-3-5-11(14(10)23-9)20(2)15(22)12-6-7-18-21(12)8-13(16)17/h6-7,11,13H,3-5,8H2,1-2H3/t11-/m0/s1. The second-order valence-corrected chi connectivity index (χ2v) is 6.89. The Morgan fingerprint density at radius 2 is 2.35 bits per heavy atom. The third kappa shape index (κ3) is 3.12. The fourth-order valence-electron chi connectivity index (χ4n) is 3.00. The number of aryl methyl sites for hydroxylation is 2. The number of hydrogen-bond acceptors (Lipinski definition) is 4. The predicted octanol–water partition coefficient (Wildman–Crippen LogP) is 3.06. The molecular weight excluding hydrogens is 322 g/mol. The van der Waals surface area contributed by atoms with E-state index in [9.17, 15) is 13.6 Å². The molecule has 1 amide bonds. The number of aromatic nitrogens is 3. The van der Waals surface area contributed by atoms with Crippen LogP contribution in [0, 0.1) is 6.92 Å². The zero-order chi connectivity index (χ0) is 16.6. The Balaban J connectivity index is 1.85. The number of fused-ring (bicyclic) bond motifs is 1. The van der Waals surface area contributed by atoms with E-state index in [0.717, 1.165) is 39.5 Å². The maximum absolute atomic E-state index is 12.7. The molecule has 8 heteroatoms. The quantitative estimate of drug-likeness (QED) is 0.859. The number of carbonyl (C=O) groups is 1. The molecular formula is C15H18F2N4OS. The number of carbonyl (C=O) groups excluding carboxylic acids is 1. The molecule has 0 saturated carbocycles. The molecule has 0 N–H and O–H groups in total. The molecule has 0 aromatic carbocycles. The van der Waals surface area contributed by atoms with Crippen LogP contribution in [0.1, 0.15) is 45.0 Å². The zero-order valence-electron chi connectivity index (χ0n) is 13.0. The van der Waals surface area contributed by atoms with Gasteiger partial charge in [0, 0.05) is 13.2 Å². The molecule has 1 atom stereocenters. The maximum Gasteiger partial charge on any atom is 0.272 e. The summed E-state index contributed by atoms with van der Waals surface area (Å²) in [7, 11) is 1.72. The van der Waals surface area contributed by atoms with Crippen LogP contribution < -0.4 is 0 Å². The van der Waals surface area contributed by atoms with Crippen LogP contribution in [0.25, 0.3) is 0 Å². The molecule has 0 fully saturated rings. The molecule has 0 aliphatic heterocycles. The molecule has 1 aliphatic rings. The Hall–Kier alpha value is -1.83. The number of hydrogen-bond donors (Lipinski definition) is 0. The van der Waals surface area contributed by atoms with Gasteiger partial charge < -0.3 is 4.90 Å². The minimum atomic E-state index is -2.54. The second kappa shape index (κ2) is 6.35. The first kappa shape index (κ1) is 16.0. The van der Waals surface area contributed by atoms with Gasteiger partial charge in [-0.3, -0.25) is 9.48 Å². The van der Waals surface area contributed by atoms with Crippen LogP contribution in [0.5, 0.6) is 0 Å². The number of nitrogens with zero attached hydrogens (tertiary/aromatic N) is 4. The van der Waals surface area contributed by atoms with Gasteiger partial charge in [0.2, 0.25) is 0 Å². The van der Waals surface area contributed by atoms with Gasteiger partial charge in [-0.2, -0.15) is 5.10 Å². The first-order chi connectivity index (χ1) is 11.0. The summed E-state index contributed by atoms with van der Waals surface area (Å²) >= 11 is 1.61. The van der Waals surface area contributed by atoms with E-state index in [2.05, 4.69) is 10.1 Å². The highest BCUT2D eigenvalue weighted by molar-refractivity contribution is 7.11. The Morgan fingerprint density at radius 1 is 1.57 bits per heavy atom. The molecule has 0 saturated heterocycles. The van der Waals surface area contributed by atoms with Gasteiger partial charge in [-0.15, -0.1) is 11.3 Å². The topological polar surface area (TPSA) is 51.0 Å². The van der Waals surface area contributed by atoms with Crippen molar-refractivity contribution >= 4 is 17.2 Å². The van der Waals surface area contributed by atoms with Gasteiger partial charge in [0.1, 0.15) is 12.2 Å². The normalized spacial score (nSPS) is 17.3. The van der Waals surface area contributed by atoms with Gasteiger partial charge in [-0.05, 0) is 32.3 Å². The van der Waals surface area contributed by atoms with Crippen molar-refractivity contribution in [2.45, 2.75) is 45.2 Å². The van der Waals surface area contributed by atoms with Gasteiger partial charge in [-0.25, -0.2) is 13.8 Å². The number of amides is 1. The minimum Gasteiger partial charge on any atom is -0.332 e. The Labute approximate surface area is 136 Å². The molecule has 0 bridgehead atoms. The molecule has 124 valence electrons. The minimum absolute atomic E-state index is 0.0488. The van der Waals surface area contributed by atoms with E-state index in [1.807, 2.05) is 6.92 Å². The molecule has 23 heavy (non-hydrogen) atoms. The highest BCUT2D eigenvalue weighted by atomic mass is 32.1.